The van der Waals surface area contributed by atoms with Gasteiger partial charge >= 0.3 is 0 Å². The van der Waals surface area contributed by atoms with Crippen molar-refractivity contribution < 1.29 is 5.11 Å². The van der Waals surface area contributed by atoms with Gasteiger partial charge in [0.1, 0.15) is 0 Å². The smallest absolute Gasteiger partial charge is 0.0684 e. The van der Waals surface area contributed by atoms with Crippen molar-refractivity contribution in [2.45, 2.75) is 23.3 Å². The molecule has 0 fully saturated rings. The standard InChI is InChI=1S/C14H13BrOS/c1-10-8-14(5-2-11(10)9-16)17-13-6-3-12(15)4-7-13/h2-8,16H,9H2,1H3. The van der Waals surface area contributed by atoms with Crippen molar-refractivity contribution in [3.8, 4) is 0 Å². The van der Waals surface area contributed by atoms with Crippen LogP contribution in [-0.4, -0.2) is 5.11 Å². The zero-order valence-electron chi connectivity index (χ0n) is 9.48. The minimum atomic E-state index is 0.106. The van der Waals surface area contributed by atoms with E-state index in [0.29, 0.717) is 0 Å². The van der Waals surface area contributed by atoms with Crippen molar-refractivity contribution in [1.29, 1.82) is 0 Å². The van der Waals surface area contributed by atoms with E-state index in [1.807, 2.05) is 31.2 Å². The van der Waals surface area contributed by atoms with E-state index in [2.05, 4.69) is 34.1 Å². The maximum atomic E-state index is 9.12. The van der Waals surface area contributed by atoms with Crippen LogP contribution in [0.15, 0.2) is 56.7 Å². The minimum Gasteiger partial charge on any atom is -0.392 e. The number of hydrogen-bond acceptors (Lipinski definition) is 2. The number of benzene rings is 2. The average molecular weight is 309 g/mol. The second-order valence-electron chi connectivity index (χ2n) is 3.80. The van der Waals surface area contributed by atoms with Crippen LogP contribution >= 0.6 is 27.7 Å². The molecule has 0 heterocycles. The zero-order valence-corrected chi connectivity index (χ0v) is 11.9. The minimum absolute atomic E-state index is 0.106. The first-order valence-corrected chi connectivity index (χ1v) is 6.94. The molecule has 0 aliphatic rings. The lowest BCUT2D eigenvalue weighted by atomic mass is 10.1. The van der Waals surface area contributed by atoms with E-state index in [9.17, 15) is 0 Å². The molecule has 0 aromatic heterocycles. The summed E-state index contributed by atoms with van der Waals surface area (Å²) in [6.45, 7) is 2.13. The highest BCUT2D eigenvalue weighted by molar-refractivity contribution is 9.10. The van der Waals surface area contributed by atoms with Crippen LogP contribution in [0.2, 0.25) is 0 Å². The Morgan fingerprint density at radius 1 is 1.06 bits per heavy atom. The van der Waals surface area contributed by atoms with Crippen LogP contribution < -0.4 is 0 Å². The Balaban J connectivity index is 2.19. The highest BCUT2D eigenvalue weighted by Crippen LogP contribution is 2.29. The van der Waals surface area contributed by atoms with E-state index >= 15 is 0 Å². The Hall–Kier alpha value is -0.770. The van der Waals surface area contributed by atoms with Gasteiger partial charge < -0.3 is 5.11 Å². The van der Waals surface area contributed by atoms with Crippen molar-refractivity contribution >= 4 is 27.7 Å². The molecule has 0 aliphatic heterocycles. The van der Waals surface area contributed by atoms with Gasteiger partial charge in [-0.25, -0.2) is 0 Å². The Morgan fingerprint density at radius 2 is 1.71 bits per heavy atom. The second kappa shape index (κ2) is 5.71. The molecule has 88 valence electrons. The summed E-state index contributed by atoms with van der Waals surface area (Å²) in [5.74, 6) is 0. The van der Waals surface area contributed by atoms with Crippen molar-refractivity contribution in [2.75, 3.05) is 0 Å². The topological polar surface area (TPSA) is 20.2 Å². The molecule has 17 heavy (non-hydrogen) atoms. The van der Waals surface area contributed by atoms with E-state index in [1.54, 1.807) is 11.8 Å². The summed E-state index contributed by atoms with van der Waals surface area (Å²) < 4.78 is 1.09. The van der Waals surface area contributed by atoms with Crippen LogP contribution in [0.4, 0.5) is 0 Å². The molecule has 1 N–H and O–H groups in total. The summed E-state index contributed by atoms with van der Waals surface area (Å²) in [5, 5.41) is 9.12. The maximum Gasteiger partial charge on any atom is 0.0684 e. The van der Waals surface area contributed by atoms with E-state index in [1.165, 1.54) is 9.79 Å². The van der Waals surface area contributed by atoms with Crippen LogP contribution in [-0.2, 0) is 6.61 Å². The molecule has 0 amide bonds. The molecule has 2 aromatic carbocycles. The van der Waals surface area contributed by atoms with Gasteiger partial charge in [0.05, 0.1) is 6.61 Å². The fourth-order valence-electron chi connectivity index (χ4n) is 1.55. The number of aryl methyl sites for hydroxylation is 1. The largest absolute Gasteiger partial charge is 0.392 e. The fraction of sp³-hybridized carbons (Fsp3) is 0.143. The molecule has 1 nitrogen and oxygen atoms in total. The van der Waals surface area contributed by atoms with Crippen molar-refractivity contribution in [3.63, 3.8) is 0 Å². The van der Waals surface area contributed by atoms with Crippen LogP contribution in [0, 0.1) is 6.92 Å². The van der Waals surface area contributed by atoms with Crippen LogP contribution in [0.5, 0.6) is 0 Å². The van der Waals surface area contributed by atoms with Crippen LogP contribution in [0.25, 0.3) is 0 Å². The van der Waals surface area contributed by atoms with Gasteiger partial charge in [0.2, 0.25) is 0 Å². The van der Waals surface area contributed by atoms with Gasteiger partial charge in [0.15, 0.2) is 0 Å². The summed E-state index contributed by atoms with van der Waals surface area (Å²) in [4.78, 5) is 2.41. The summed E-state index contributed by atoms with van der Waals surface area (Å²) in [6, 6.07) is 14.4. The molecular weight excluding hydrogens is 296 g/mol. The Labute approximate surface area is 114 Å². The molecule has 0 radical (unpaired) electrons. The van der Waals surface area contributed by atoms with Crippen LogP contribution in [0.3, 0.4) is 0 Å². The molecule has 0 saturated heterocycles. The van der Waals surface area contributed by atoms with Gasteiger partial charge in [-0.2, -0.15) is 0 Å². The van der Waals surface area contributed by atoms with Crippen molar-refractivity contribution in [3.05, 3.63) is 58.1 Å². The zero-order chi connectivity index (χ0) is 12.3. The Kier molecular flexibility index (Phi) is 4.26. The van der Waals surface area contributed by atoms with Gasteiger partial charge in [-0.15, -0.1) is 0 Å². The molecule has 0 spiro atoms. The monoisotopic (exact) mass is 308 g/mol. The lowest BCUT2D eigenvalue weighted by Gasteiger charge is -2.06. The molecule has 0 bridgehead atoms. The molecule has 3 heteroatoms. The first-order valence-electron chi connectivity index (χ1n) is 5.33. The lowest BCUT2D eigenvalue weighted by molar-refractivity contribution is 0.281. The molecule has 0 atom stereocenters. The lowest BCUT2D eigenvalue weighted by Crippen LogP contribution is -1.88. The van der Waals surface area contributed by atoms with E-state index in [4.69, 9.17) is 5.11 Å². The predicted molar refractivity (Wildman–Crippen MR) is 75.4 cm³/mol. The fourth-order valence-corrected chi connectivity index (χ4v) is 2.73. The summed E-state index contributed by atoms with van der Waals surface area (Å²) in [5.41, 5.74) is 2.12. The number of hydrogen-bond donors (Lipinski definition) is 1. The summed E-state index contributed by atoms with van der Waals surface area (Å²) in [7, 11) is 0. The molecule has 2 rings (SSSR count). The first kappa shape index (κ1) is 12.7. The third-order valence-corrected chi connectivity index (χ3v) is 4.06. The summed E-state index contributed by atoms with van der Waals surface area (Å²) in [6.07, 6.45) is 0. The quantitative estimate of drug-likeness (QED) is 0.907. The Bertz CT molecular complexity index is 508. The predicted octanol–water partition coefficient (Wildman–Crippen LogP) is 4.40. The van der Waals surface area contributed by atoms with Crippen LogP contribution in [0.1, 0.15) is 11.1 Å². The van der Waals surface area contributed by atoms with Gasteiger partial charge in [-0.05, 0) is 54.4 Å². The van der Waals surface area contributed by atoms with E-state index in [-0.39, 0.29) is 6.61 Å². The van der Waals surface area contributed by atoms with Crippen molar-refractivity contribution in [1.82, 2.24) is 0 Å². The van der Waals surface area contributed by atoms with Gasteiger partial charge in [-0.3, -0.25) is 0 Å². The highest BCUT2D eigenvalue weighted by atomic mass is 79.9. The number of aliphatic hydroxyl groups excluding tert-OH is 1. The number of aliphatic hydroxyl groups is 1. The molecule has 2 aromatic rings. The van der Waals surface area contributed by atoms with Gasteiger partial charge in [0.25, 0.3) is 0 Å². The average Bonchev–Trinajstić information content (AvgIpc) is 2.32. The van der Waals surface area contributed by atoms with Gasteiger partial charge in [-0.1, -0.05) is 33.8 Å². The number of rotatable bonds is 3. The van der Waals surface area contributed by atoms with E-state index in [0.717, 1.165) is 15.6 Å². The van der Waals surface area contributed by atoms with E-state index < -0.39 is 0 Å². The summed E-state index contributed by atoms with van der Waals surface area (Å²) >= 11 is 5.15. The third-order valence-electron chi connectivity index (χ3n) is 2.53. The second-order valence-corrected chi connectivity index (χ2v) is 5.86. The van der Waals surface area contributed by atoms with Crippen molar-refractivity contribution in [2.24, 2.45) is 0 Å². The first-order chi connectivity index (χ1) is 8.19. The normalized spacial score (nSPS) is 10.5. The number of halogens is 1. The highest BCUT2D eigenvalue weighted by Gasteiger charge is 2.01. The molecule has 0 aliphatic carbocycles. The SMILES string of the molecule is Cc1cc(Sc2ccc(Br)cc2)ccc1CO. The maximum absolute atomic E-state index is 9.12. The Morgan fingerprint density at radius 3 is 2.29 bits per heavy atom. The molecular formula is C14H13BrOS. The third kappa shape index (κ3) is 3.35. The van der Waals surface area contributed by atoms with Gasteiger partial charge in [0, 0.05) is 14.3 Å². The molecule has 0 unspecified atom stereocenters. The molecule has 0 saturated carbocycles.